The van der Waals surface area contributed by atoms with Crippen LogP contribution in [0.1, 0.15) is 25.0 Å². The lowest BCUT2D eigenvalue weighted by atomic mass is 9.82. The highest BCUT2D eigenvalue weighted by Gasteiger charge is 2.35. The van der Waals surface area contributed by atoms with E-state index in [0.717, 1.165) is 27.9 Å². The van der Waals surface area contributed by atoms with E-state index in [4.69, 9.17) is 4.42 Å². The van der Waals surface area contributed by atoms with Crippen LogP contribution in [0, 0.1) is 0 Å². The van der Waals surface area contributed by atoms with Gasteiger partial charge in [0.25, 0.3) is 0 Å². The summed E-state index contributed by atoms with van der Waals surface area (Å²) in [5, 5.41) is 8.39. The summed E-state index contributed by atoms with van der Waals surface area (Å²) in [5.74, 6) is 0. The van der Waals surface area contributed by atoms with Crippen molar-refractivity contribution in [3.63, 3.8) is 0 Å². The predicted octanol–water partition coefficient (Wildman–Crippen LogP) is 10.5. The molecular weight excluding hydrogens is 474 g/mol. The van der Waals surface area contributed by atoms with Crippen molar-refractivity contribution in [2.45, 2.75) is 19.3 Å². The summed E-state index contributed by atoms with van der Waals surface area (Å²) in [4.78, 5) is 0. The maximum absolute atomic E-state index is 6.42. The highest BCUT2D eigenvalue weighted by molar-refractivity contribution is 6.20. The van der Waals surface area contributed by atoms with Gasteiger partial charge in [0.2, 0.25) is 0 Å². The van der Waals surface area contributed by atoms with Gasteiger partial charge in [-0.05, 0) is 74.5 Å². The van der Waals surface area contributed by atoms with Crippen molar-refractivity contribution in [2.75, 3.05) is 5.32 Å². The lowest BCUT2D eigenvalue weighted by Crippen LogP contribution is -2.14. The van der Waals surface area contributed by atoms with E-state index in [1.54, 1.807) is 0 Å². The first-order valence-corrected chi connectivity index (χ1v) is 13.5. The average molecular weight is 502 g/mol. The lowest BCUT2D eigenvalue weighted by molar-refractivity contribution is 0.660. The van der Waals surface area contributed by atoms with Gasteiger partial charge in [-0.3, -0.25) is 0 Å². The standard InChI is InChI=1S/C37H27NO/c1-37(2)31-15-6-5-13-28(31)30-22-25(17-19-32(30)37)24-10-7-11-26(21-24)38-33-16-8-14-29-35-27-12-4-3-9-23(27)18-20-34(35)39-36(29)33/h3-22,38H,1-2H3. The Labute approximate surface area is 227 Å². The smallest absolute Gasteiger partial charge is 0.158 e. The summed E-state index contributed by atoms with van der Waals surface area (Å²) >= 11 is 0. The van der Waals surface area contributed by atoms with Gasteiger partial charge in [-0.25, -0.2) is 0 Å². The fourth-order valence-corrected chi connectivity index (χ4v) is 6.50. The van der Waals surface area contributed by atoms with E-state index in [-0.39, 0.29) is 5.41 Å². The number of para-hydroxylation sites is 1. The van der Waals surface area contributed by atoms with Crippen LogP contribution in [-0.4, -0.2) is 0 Å². The number of rotatable bonds is 3. The largest absolute Gasteiger partial charge is 0.454 e. The molecule has 186 valence electrons. The van der Waals surface area contributed by atoms with E-state index < -0.39 is 0 Å². The third-order valence-electron chi connectivity index (χ3n) is 8.45. The SMILES string of the molecule is CC1(C)c2ccccc2-c2cc(-c3cccc(Nc4cccc5c4oc4ccc6ccccc6c45)c3)ccc21. The van der Waals surface area contributed by atoms with Crippen molar-refractivity contribution >= 4 is 44.1 Å². The van der Waals surface area contributed by atoms with E-state index in [0.29, 0.717) is 0 Å². The van der Waals surface area contributed by atoms with Crippen LogP contribution in [-0.2, 0) is 5.41 Å². The maximum atomic E-state index is 6.42. The third-order valence-corrected chi connectivity index (χ3v) is 8.45. The zero-order valence-electron chi connectivity index (χ0n) is 22.0. The van der Waals surface area contributed by atoms with E-state index in [1.165, 1.54) is 49.5 Å². The Hall–Kier alpha value is -4.82. The minimum absolute atomic E-state index is 0.0183. The molecule has 0 saturated carbocycles. The van der Waals surface area contributed by atoms with Crippen molar-refractivity contribution in [1.82, 2.24) is 0 Å². The predicted molar refractivity (Wildman–Crippen MR) is 164 cm³/mol. The molecule has 0 aliphatic heterocycles. The number of hydrogen-bond donors (Lipinski definition) is 1. The molecule has 0 fully saturated rings. The third kappa shape index (κ3) is 3.28. The second-order valence-corrected chi connectivity index (χ2v) is 11.1. The summed E-state index contributed by atoms with van der Waals surface area (Å²) in [5.41, 5.74) is 11.7. The Morgan fingerprint density at radius 1 is 0.590 bits per heavy atom. The van der Waals surface area contributed by atoms with E-state index in [2.05, 4.69) is 140 Å². The lowest BCUT2D eigenvalue weighted by Gasteiger charge is -2.21. The summed E-state index contributed by atoms with van der Waals surface area (Å²) in [6.45, 7) is 4.65. The molecule has 0 atom stereocenters. The number of anilines is 2. The van der Waals surface area contributed by atoms with Crippen molar-refractivity contribution in [3.05, 3.63) is 132 Å². The zero-order valence-corrected chi connectivity index (χ0v) is 22.0. The number of hydrogen-bond acceptors (Lipinski definition) is 2. The topological polar surface area (TPSA) is 25.2 Å². The first-order valence-electron chi connectivity index (χ1n) is 13.5. The molecule has 0 spiro atoms. The van der Waals surface area contributed by atoms with Gasteiger partial charge in [0, 0.05) is 21.9 Å². The molecule has 6 aromatic carbocycles. The molecule has 1 heterocycles. The number of nitrogens with one attached hydrogen (secondary N) is 1. The Morgan fingerprint density at radius 3 is 2.31 bits per heavy atom. The summed E-state index contributed by atoms with van der Waals surface area (Å²) < 4.78 is 6.42. The summed E-state index contributed by atoms with van der Waals surface area (Å²) in [6.07, 6.45) is 0. The number of benzene rings is 6. The van der Waals surface area contributed by atoms with Crippen molar-refractivity contribution in [3.8, 4) is 22.3 Å². The summed E-state index contributed by atoms with van der Waals surface area (Å²) in [7, 11) is 0. The molecule has 1 aliphatic rings. The highest BCUT2D eigenvalue weighted by Crippen LogP contribution is 2.49. The first-order chi connectivity index (χ1) is 19.1. The number of furan rings is 1. The fraction of sp³-hybridized carbons (Fsp3) is 0.0811. The van der Waals surface area contributed by atoms with Gasteiger partial charge in [0.1, 0.15) is 5.58 Å². The van der Waals surface area contributed by atoms with Crippen LogP contribution in [0.15, 0.2) is 126 Å². The van der Waals surface area contributed by atoms with Crippen LogP contribution in [0.5, 0.6) is 0 Å². The average Bonchev–Trinajstić information content (AvgIpc) is 3.47. The Morgan fingerprint density at radius 2 is 1.36 bits per heavy atom. The molecule has 1 aliphatic carbocycles. The van der Waals surface area contributed by atoms with Crippen molar-refractivity contribution < 1.29 is 4.42 Å². The van der Waals surface area contributed by atoms with Gasteiger partial charge in [0.05, 0.1) is 5.69 Å². The molecule has 39 heavy (non-hydrogen) atoms. The minimum Gasteiger partial charge on any atom is -0.454 e. The van der Waals surface area contributed by atoms with Gasteiger partial charge in [0.15, 0.2) is 5.58 Å². The molecule has 0 amide bonds. The molecule has 1 aromatic heterocycles. The fourth-order valence-electron chi connectivity index (χ4n) is 6.50. The second-order valence-electron chi connectivity index (χ2n) is 11.1. The van der Waals surface area contributed by atoms with Crippen molar-refractivity contribution in [1.29, 1.82) is 0 Å². The Balaban J connectivity index is 1.20. The van der Waals surface area contributed by atoms with Gasteiger partial charge in [-0.15, -0.1) is 0 Å². The monoisotopic (exact) mass is 501 g/mol. The molecular formula is C37H27NO. The van der Waals surface area contributed by atoms with Crippen LogP contribution < -0.4 is 5.32 Å². The maximum Gasteiger partial charge on any atom is 0.158 e. The molecule has 2 heteroatoms. The van der Waals surface area contributed by atoms with Gasteiger partial charge in [-0.1, -0.05) is 105 Å². The van der Waals surface area contributed by atoms with Gasteiger partial charge < -0.3 is 9.73 Å². The highest BCUT2D eigenvalue weighted by atomic mass is 16.3. The first kappa shape index (κ1) is 22.2. The van der Waals surface area contributed by atoms with Crippen LogP contribution >= 0.6 is 0 Å². The Kier molecular flexibility index (Phi) is 4.60. The van der Waals surface area contributed by atoms with E-state index >= 15 is 0 Å². The van der Waals surface area contributed by atoms with Crippen molar-refractivity contribution in [2.24, 2.45) is 0 Å². The molecule has 2 nitrogen and oxygen atoms in total. The van der Waals surface area contributed by atoms with Crippen LogP contribution in [0.4, 0.5) is 11.4 Å². The van der Waals surface area contributed by atoms with Crippen LogP contribution in [0.2, 0.25) is 0 Å². The van der Waals surface area contributed by atoms with E-state index in [9.17, 15) is 0 Å². The zero-order chi connectivity index (χ0) is 26.1. The molecule has 8 rings (SSSR count). The van der Waals surface area contributed by atoms with Crippen LogP contribution in [0.3, 0.4) is 0 Å². The molecule has 0 saturated heterocycles. The number of fused-ring (bicyclic) bond motifs is 8. The molecule has 1 N–H and O–H groups in total. The molecule has 0 unspecified atom stereocenters. The minimum atomic E-state index is 0.0183. The second kappa shape index (κ2) is 8.09. The molecule has 7 aromatic rings. The van der Waals surface area contributed by atoms with Gasteiger partial charge in [-0.2, -0.15) is 0 Å². The Bertz CT molecular complexity index is 2080. The van der Waals surface area contributed by atoms with Gasteiger partial charge >= 0.3 is 0 Å². The molecule has 0 radical (unpaired) electrons. The normalized spacial score (nSPS) is 13.6. The summed E-state index contributed by atoms with van der Waals surface area (Å²) in [6, 6.07) is 43.4. The quantitative estimate of drug-likeness (QED) is 0.260. The van der Waals surface area contributed by atoms with E-state index in [1.807, 2.05) is 0 Å². The van der Waals surface area contributed by atoms with Crippen LogP contribution in [0.25, 0.3) is 55.0 Å². The molecule has 0 bridgehead atoms.